The number of alkyl halides is 6. The van der Waals surface area contributed by atoms with Crippen LogP contribution >= 0.6 is 0 Å². The fourth-order valence-electron chi connectivity index (χ4n) is 2.38. The minimum absolute atomic E-state index is 0.0155. The predicted molar refractivity (Wildman–Crippen MR) is 89.3 cm³/mol. The lowest BCUT2D eigenvalue weighted by atomic mass is 10.0. The van der Waals surface area contributed by atoms with Gasteiger partial charge < -0.3 is 5.11 Å². The van der Waals surface area contributed by atoms with Crippen LogP contribution in [-0.4, -0.2) is 35.8 Å². The van der Waals surface area contributed by atoms with E-state index in [9.17, 15) is 36.2 Å². The zero-order valence-electron chi connectivity index (χ0n) is 14.5. The molecule has 0 spiro atoms. The van der Waals surface area contributed by atoms with Crippen LogP contribution in [0.1, 0.15) is 16.7 Å². The van der Waals surface area contributed by atoms with Crippen molar-refractivity contribution in [2.75, 3.05) is 0 Å². The average Bonchev–Trinajstić information content (AvgIpc) is 3.13. The molecule has 0 aliphatic heterocycles. The number of aromatic nitrogens is 5. The van der Waals surface area contributed by atoms with Crippen LogP contribution in [0, 0.1) is 0 Å². The van der Waals surface area contributed by atoms with Crippen molar-refractivity contribution >= 4 is 17.7 Å². The summed E-state index contributed by atoms with van der Waals surface area (Å²) in [6, 6.07) is 0.932. The average molecular weight is 429 g/mol. The summed E-state index contributed by atoms with van der Waals surface area (Å²) in [7, 11) is 0. The minimum Gasteiger partial charge on any atom is -0.478 e. The smallest absolute Gasteiger partial charge is 0.416 e. The fraction of sp³-hybridized carbons (Fsp3) is 0.118. The monoisotopic (exact) mass is 429 g/mol. The number of halogens is 6. The van der Waals surface area contributed by atoms with E-state index in [2.05, 4.69) is 20.1 Å². The molecule has 156 valence electrons. The molecule has 0 aliphatic rings. The lowest BCUT2D eigenvalue weighted by Gasteiger charge is -2.13. The zero-order chi connectivity index (χ0) is 22.1. The second-order valence-corrected chi connectivity index (χ2v) is 5.82. The Morgan fingerprint density at radius 3 is 2.03 bits per heavy atom. The second kappa shape index (κ2) is 7.57. The van der Waals surface area contributed by atoms with E-state index in [-0.39, 0.29) is 17.2 Å². The summed E-state index contributed by atoms with van der Waals surface area (Å²) in [6.07, 6.45) is -4.57. The van der Waals surface area contributed by atoms with E-state index in [1.54, 1.807) is 0 Å². The molecule has 0 atom stereocenters. The van der Waals surface area contributed by atoms with E-state index in [0.717, 1.165) is 17.2 Å². The molecule has 3 rings (SSSR count). The van der Waals surface area contributed by atoms with Crippen LogP contribution < -0.4 is 0 Å². The first-order chi connectivity index (χ1) is 13.9. The lowest BCUT2D eigenvalue weighted by Crippen LogP contribution is -2.11. The van der Waals surface area contributed by atoms with Crippen LogP contribution in [0.3, 0.4) is 0 Å². The van der Waals surface area contributed by atoms with Gasteiger partial charge in [0.1, 0.15) is 12.7 Å². The fourth-order valence-corrected chi connectivity index (χ4v) is 2.38. The number of benzene rings is 1. The van der Waals surface area contributed by atoms with Gasteiger partial charge in [-0.25, -0.2) is 24.4 Å². The molecular formula is C17H9F6N5O2. The van der Waals surface area contributed by atoms with Gasteiger partial charge in [0.05, 0.1) is 16.7 Å². The number of nitrogens with zero attached hydrogens (tertiary/aromatic N) is 5. The molecule has 13 heteroatoms. The topological polar surface area (TPSA) is 93.8 Å². The number of carboxylic acid groups (broad SMARTS) is 1. The molecular weight excluding hydrogens is 420 g/mol. The molecule has 2 heterocycles. The van der Waals surface area contributed by atoms with Crippen molar-refractivity contribution in [2.45, 2.75) is 12.4 Å². The number of hydrogen-bond donors (Lipinski definition) is 1. The molecule has 0 bridgehead atoms. The van der Waals surface area contributed by atoms with Gasteiger partial charge in [-0.05, 0) is 18.2 Å². The molecule has 0 aliphatic carbocycles. The molecule has 0 amide bonds. The molecule has 1 aromatic carbocycles. The predicted octanol–water partition coefficient (Wildman–Crippen LogP) is 3.86. The summed E-state index contributed by atoms with van der Waals surface area (Å²) in [5.74, 6) is -1.85. The first kappa shape index (κ1) is 21.0. The van der Waals surface area contributed by atoms with Gasteiger partial charge in [-0.2, -0.15) is 26.3 Å². The van der Waals surface area contributed by atoms with E-state index >= 15 is 0 Å². The summed E-state index contributed by atoms with van der Waals surface area (Å²) >= 11 is 0. The van der Waals surface area contributed by atoms with Crippen molar-refractivity contribution in [1.29, 1.82) is 0 Å². The van der Waals surface area contributed by atoms with Crippen molar-refractivity contribution < 1.29 is 36.2 Å². The highest BCUT2D eigenvalue weighted by Gasteiger charge is 2.37. The van der Waals surface area contributed by atoms with Crippen LogP contribution in [0.25, 0.3) is 23.2 Å². The van der Waals surface area contributed by atoms with Crippen molar-refractivity contribution in [3.8, 4) is 11.4 Å². The third kappa shape index (κ3) is 4.61. The highest BCUT2D eigenvalue weighted by molar-refractivity contribution is 6.18. The third-order valence-electron chi connectivity index (χ3n) is 3.72. The second-order valence-electron chi connectivity index (χ2n) is 5.82. The molecule has 2 aromatic heterocycles. The Kier molecular flexibility index (Phi) is 5.29. The van der Waals surface area contributed by atoms with Crippen molar-refractivity contribution in [3.05, 3.63) is 59.9 Å². The van der Waals surface area contributed by atoms with E-state index in [4.69, 9.17) is 0 Å². The number of aliphatic carboxylic acids is 1. The number of hydrogen-bond acceptors (Lipinski definition) is 5. The Morgan fingerprint density at radius 1 is 0.967 bits per heavy atom. The first-order valence-corrected chi connectivity index (χ1v) is 7.86. The van der Waals surface area contributed by atoms with Gasteiger partial charge >= 0.3 is 18.3 Å². The molecule has 30 heavy (non-hydrogen) atoms. The molecule has 0 radical (unpaired) electrons. The van der Waals surface area contributed by atoms with Crippen molar-refractivity contribution in [1.82, 2.24) is 24.7 Å². The Morgan fingerprint density at radius 2 is 1.53 bits per heavy atom. The summed E-state index contributed by atoms with van der Waals surface area (Å²) in [5, 5.41) is 13.1. The molecule has 0 unspecified atom stereocenters. The summed E-state index contributed by atoms with van der Waals surface area (Å²) < 4.78 is 78.9. The highest BCUT2D eigenvalue weighted by Crippen LogP contribution is 2.38. The molecule has 0 saturated carbocycles. The Bertz CT molecular complexity index is 1070. The Labute approximate surface area is 163 Å². The van der Waals surface area contributed by atoms with Gasteiger partial charge in [0.25, 0.3) is 0 Å². The maximum absolute atomic E-state index is 13.0. The van der Waals surface area contributed by atoms with Gasteiger partial charge in [-0.1, -0.05) is 0 Å². The highest BCUT2D eigenvalue weighted by atomic mass is 19.4. The maximum Gasteiger partial charge on any atom is 0.416 e. The number of carbonyl (C=O) groups is 1. The molecule has 0 fully saturated rings. The van der Waals surface area contributed by atoms with Gasteiger partial charge in [0.2, 0.25) is 0 Å². The van der Waals surface area contributed by atoms with Gasteiger partial charge in [-0.3, -0.25) is 0 Å². The molecule has 3 aromatic rings. The zero-order valence-corrected chi connectivity index (χ0v) is 14.5. The van der Waals surface area contributed by atoms with Gasteiger partial charge in [-0.15, -0.1) is 5.10 Å². The normalized spacial score (nSPS) is 12.8. The van der Waals surface area contributed by atoms with E-state index in [1.807, 2.05) is 0 Å². The Hall–Kier alpha value is -3.77. The van der Waals surface area contributed by atoms with Crippen molar-refractivity contribution in [3.63, 3.8) is 0 Å². The number of carboxylic acids is 1. The van der Waals surface area contributed by atoms with E-state index in [1.165, 1.54) is 18.7 Å². The standard InChI is InChI=1S/C17H9F6N5O2/c18-16(19,20)11-1-9(2-12(3-11)17(21,22)23)14-26-8-28(27-14)6-13(15(29)30)10-4-24-7-25-5-10/h1-8H,(H,29,30)/b13-6+. The van der Waals surface area contributed by atoms with Gasteiger partial charge in [0, 0.05) is 29.7 Å². The summed E-state index contributed by atoms with van der Waals surface area (Å²) in [4.78, 5) is 22.5. The number of rotatable bonds is 4. The van der Waals surface area contributed by atoms with Gasteiger partial charge in [0.15, 0.2) is 5.82 Å². The first-order valence-electron chi connectivity index (χ1n) is 7.86. The lowest BCUT2D eigenvalue weighted by molar-refractivity contribution is -0.143. The van der Waals surface area contributed by atoms with Crippen LogP contribution in [-0.2, 0) is 17.1 Å². The minimum atomic E-state index is -5.03. The summed E-state index contributed by atoms with van der Waals surface area (Å²) in [5.41, 5.74) is -3.81. The molecule has 1 N–H and O–H groups in total. The summed E-state index contributed by atoms with van der Waals surface area (Å²) in [6.45, 7) is 0. The largest absolute Gasteiger partial charge is 0.478 e. The maximum atomic E-state index is 13.0. The van der Waals surface area contributed by atoms with Crippen LogP contribution in [0.5, 0.6) is 0 Å². The van der Waals surface area contributed by atoms with Crippen LogP contribution in [0.2, 0.25) is 0 Å². The quantitative estimate of drug-likeness (QED) is 0.500. The SMILES string of the molecule is O=C(O)/C(=C/n1cnc(-c2cc(C(F)(F)F)cc(C(F)(F)F)c2)n1)c1cncnc1. The molecule has 7 nitrogen and oxygen atoms in total. The van der Waals surface area contributed by atoms with E-state index < -0.39 is 40.8 Å². The van der Waals surface area contributed by atoms with E-state index in [0.29, 0.717) is 12.1 Å². The Balaban J connectivity index is 2.06. The third-order valence-corrected chi connectivity index (χ3v) is 3.72. The van der Waals surface area contributed by atoms with Crippen molar-refractivity contribution in [2.24, 2.45) is 0 Å². The molecule has 0 saturated heterocycles. The van der Waals surface area contributed by atoms with Crippen LogP contribution in [0.4, 0.5) is 26.3 Å². The van der Waals surface area contributed by atoms with Crippen LogP contribution in [0.15, 0.2) is 43.2 Å².